The van der Waals surface area contributed by atoms with Gasteiger partial charge in [-0.25, -0.2) is 9.79 Å². The van der Waals surface area contributed by atoms with E-state index in [0.29, 0.717) is 38.7 Å². The van der Waals surface area contributed by atoms with Crippen molar-refractivity contribution in [2.45, 2.75) is 26.5 Å². The Balaban J connectivity index is 1.55. The number of allylic oxidation sites excluding steroid dienone is 1. The molecule has 1 aromatic heterocycles. The lowest BCUT2D eigenvalue weighted by Crippen LogP contribution is -2.39. The summed E-state index contributed by atoms with van der Waals surface area (Å²) in [6.07, 6.45) is 1.83. The number of carbonyl (C=O) groups is 1. The fourth-order valence-corrected chi connectivity index (χ4v) is 5.53. The topological polar surface area (TPSA) is 79.1 Å². The number of hydrogen-bond donors (Lipinski definition) is 0. The van der Waals surface area contributed by atoms with Crippen molar-refractivity contribution >= 4 is 23.4 Å². The second-order valence-corrected chi connectivity index (χ2v) is 9.93. The summed E-state index contributed by atoms with van der Waals surface area (Å²) in [5.41, 5.74) is 3.30. The first-order valence-electron chi connectivity index (χ1n) is 12.6. The summed E-state index contributed by atoms with van der Waals surface area (Å²) < 4.78 is 18.7. The maximum Gasteiger partial charge on any atom is 0.338 e. The first-order chi connectivity index (χ1) is 19.0. The molecule has 7 nitrogen and oxygen atoms in total. The van der Waals surface area contributed by atoms with Gasteiger partial charge in [-0.15, -0.1) is 0 Å². The van der Waals surface area contributed by atoms with E-state index >= 15 is 0 Å². The molecule has 0 N–H and O–H groups in total. The third kappa shape index (κ3) is 5.56. The summed E-state index contributed by atoms with van der Waals surface area (Å²) in [5.74, 6) is 0.896. The number of hydrogen-bond acceptors (Lipinski definition) is 7. The molecule has 3 aromatic carbocycles. The van der Waals surface area contributed by atoms with Crippen LogP contribution in [0.4, 0.5) is 0 Å². The molecule has 0 saturated carbocycles. The van der Waals surface area contributed by atoms with Crippen LogP contribution in [0, 0.1) is 0 Å². The van der Waals surface area contributed by atoms with Crippen molar-refractivity contribution in [3.8, 4) is 11.5 Å². The number of methoxy groups -OCH3 is 1. The highest BCUT2D eigenvalue weighted by molar-refractivity contribution is 7.07. The highest BCUT2D eigenvalue weighted by Gasteiger charge is 2.33. The first-order valence-corrected chi connectivity index (χ1v) is 13.4. The number of ether oxygens (including phenoxy) is 3. The highest BCUT2D eigenvalue weighted by Crippen LogP contribution is 2.31. The lowest BCUT2D eigenvalue weighted by Gasteiger charge is -2.24. The van der Waals surface area contributed by atoms with E-state index in [-0.39, 0.29) is 12.2 Å². The highest BCUT2D eigenvalue weighted by atomic mass is 32.1. The Bertz CT molecular complexity index is 1700. The van der Waals surface area contributed by atoms with E-state index in [9.17, 15) is 9.59 Å². The number of thiazole rings is 1. The number of aromatic nitrogens is 1. The van der Waals surface area contributed by atoms with Gasteiger partial charge in [0.25, 0.3) is 5.56 Å². The van der Waals surface area contributed by atoms with E-state index in [1.165, 1.54) is 11.3 Å². The summed E-state index contributed by atoms with van der Waals surface area (Å²) >= 11 is 1.29. The molecule has 0 amide bonds. The van der Waals surface area contributed by atoms with Crippen LogP contribution < -0.4 is 24.4 Å². The molecular weight excluding hydrogens is 512 g/mol. The van der Waals surface area contributed by atoms with Crippen molar-refractivity contribution in [1.29, 1.82) is 0 Å². The normalized spacial score (nSPS) is 14.9. The molecule has 0 aliphatic carbocycles. The summed E-state index contributed by atoms with van der Waals surface area (Å²) in [7, 11) is 1.59. The molecule has 8 heteroatoms. The molecule has 0 spiro atoms. The molecule has 2 heterocycles. The number of rotatable bonds is 8. The monoisotopic (exact) mass is 540 g/mol. The largest absolute Gasteiger partial charge is 0.497 e. The Hall–Kier alpha value is -4.43. The maximum atomic E-state index is 13.8. The number of carbonyl (C=O) groups excluding carboxylic acids is 1. The zero-order chi connectivity index (χ0) is 27.4. The van der Waals surface area contributed by atoms with Crippen molar-refractivity contribution in [3.63, 3.8) is 0 Å². The summed E-state index contributed by atoms with van der Waals surface area (Å²) in [5, 5.41) is 0. The average Bonchev–Trinajstić information content (AvgIpc) is 3.26. The van der Waals surface area contributed by atoms with Gasteiger partial charge >= 0.3 is 5.97 Å². The van der Waals surface area contributed by atoms with Crippen LogP contribution in [0.5, 0.6) is 11.5 Å². The van der Waals surface area contributed by atoms with E-state index in [0.717, 1.165) is 16.7 Å². The van der Waals surface area contributed by atoms with Gasteiger partial charge in [-0.1, -0.05) is 65.9 Å². The van der Waals surface area contributed by atoms with E-state index in [4.69, 9.17) is 14.2 Å². The van der Waals surface area contributed by atoms with Crippen LogP contribution in [0.15, 0.2) is 99.9 Å². The van der Waals surface area contributed by atoms with Gasteiger partial charge in [0.15, 0.2) is 4.80 Å². The van der Waals surface area contributed by atoms with Gasteiger partial charge in [-0.05, 0) is 60.9 Å². The molecule has 1 aliphatic rings. The minimum atomic E-state index is -0.672. The van der Waals surface area contributed by atoms with Crippen LogP contribution in [0.1, 0.15) is 36.6 Å². The van der Waals surface area contributed by atoms with Crippen molar-refractivity contribution in [2.75, 3.05) is 13.7 Å². The molecular formula is C31H28N2O5S. The smallest absolute Gasteiger partial charge is 0.338 e. The zero-order valence-corrected chi connectivity index (χ0v) is 22.7. The van der Waals surface area contributed by atoms with E-state index in [1.54, 1.807) is 25.5 Å². The Labute approximate surface area is 229 Å². The van der Waals surface area contributed by atoms with Gasteiger partial charge in [0.2, 0.25) is 0 Å². The zero-order valence-electron chi connectivity index (χ0n) is 21.9. The number of benzene rings is 3. The quantitative estimate of drug-likeness (QED) is 0.310. The van der Waals surface area contributed by atoms with Gasteiger partial charge in [0.1, 0.15) is 18.1 Å². The van der Waals surface area contributed by atoms with Gasteiger partial charge in [0, 0.05) is 0 Å². The average molecular weight is 541 g/mol. The van der Waals surface area contributed by atoms with Crippen LogP contribution in [0.2, 0.25) is 0 Å². The number of fused-ring (bicyclic) bond motifs is 1. The van der Waals surface area contributed by atoms with Crippen molar-refractivity contribution < 1.29 is 19.0 Å². The SMILES string of the molecule is CCOC(=O)C1=C(C)N=c2s/c(=C\c3cccc(OCc4ccccc4)c3)c(=O)n2[C@H]1c1ccc(OC)cc1. The molecule has 1 atom stereocenters. The maximum absolute atomic E-state index is 13.8. The molecule has 198 valence electrons. The van der Waals surface area contributed by atoms with Crippen LogP contribution in [0.3, 0.4) is 0 Å². The van der Waals surface area contributed by atoms with Crippen LogP contribution in [-0.4, -0.2) is 24.3 Å². The molecule has 5 rings (SSSR count). The lowest BCUT2D eigenvalue weighted by atomic mass is 9.96. The fourth-order valence-electron chi connectivity index (χ4n) is 4.48. The number of nitrogens with zero attached hydrogens (tertiary/aromatic N) is 2. The van der Waals surface area contributed by atoms with Crippen molar-refractivity contribution in [2.24, 2.45) is 4.99 Å². The lowest BCUT2D eigenvalue weighted by molar-refractivity contribution is -0.139. The first kappa shape index (κ1) is 26.2. The van der Waals surface area contributed by atoms with Gasteiger partial charge in [-0.3, -0.25) is 9.36 Å². The predicted octanol–water partition coefficient (Wildman–Crippen LogP) is 4.39. The summed E-state index contributed by atoms with van der Waals surface area (Å²) in [6.45, 7) is 4.19. The minimum Gasteiger partial charge on any atom is -0.497 e. The standard InChI is InChI=1S/C31H28N2O5S/c1-4-37-30(35)27-20(2)32-31-33(28(27)23-13-15-24(36-3)16-14-23)29(34)26(39-31)18-22-11-8-12-25(17-22)38-19-21-9-6-5-7-10-21/h5-18,28H,4,19H2,1-3H3/b26-18-/t28-/m0/s1. The van der Waals surface area contributed by atoms with Gasteiger partial charge in [-0.2, -0.15) is 0 Å². The fraction of sp³-hybridized carbons (Fsp3) is 0.194. The third-order valence-corrected chi connectivity index (χ3v) is 7.34. The van der Waals surface area contributed by atoms with Crippen molar-refractivity contribution in [3.05, 3.63) is 127 Å². The predicted molar refractivity (Wildman–Crippen MR) is 151 cm³/mol. The second-order valence-electron chi connectivity index (χ2n) is 8.92. The minimum absolute atomic E-state index is 0.220. The molecule has 39 heavy (non-hydrogen) atoms. The molecule has 4 aromatic rings. The van der Waals surface area contributed by atoms with E-state index in [2.05, 4.69) is 4.99 Å². The molecule has 0 unspecified atom stereocenters. The number of esters is 1. The van der Waals surface area contributed by atoms with Crippen LogP contribution in [-0.2, 0) is 16.1 Å². The third-order valence-electron chi connectivity index (χ3n) is 6.35. The Kier molecular flexibility index (Phi) is 7.74. The Morgan fingerprint density at radius 2 is 1.79 bits per heavy atom. The van der Waals surface area contributed by atoms with E-state index < -0.39 is 12.0 Å². The molecule has 0 saturated heterocycles. The van der Waals surface area contributed by atoms with Gasteiger partial charge < -0.3 is 14.2 Å². The molecule has 1 aliphatic heterocycles. The Morgan fingerprint density at radius 1 is 1.03 bits per heavy atom. The summed E-state index contributed by atoms with van der Waals surface area (Å²) in [4.78, 5) is 32.0. The van der Waals surface area contributed by atoms with Gasteiger partial charge in [0.05, 0.1) is 35.6 Å². The molecule has 0 fully saturated rings. The Morgan fingerprint density at radius 3 is 2.51 bits per heavy atom. The summed E-state index contributed by atoms with van der Waals surface area (Å²) in [6, 6.07) is 24.2. The van der Waals surface area contributed by atoms with E-state index in [1.807, 2.05) is 84.9 Å². The van der Waals surface area contributed by atoms with Crippen molar-refractivity contribution in [1.82, 2.24) is 4.57 Å². The van der Waals surface area contributed by atoms with Crippen LogP contribution in [0.25, 0.3) is 6.08 Å². The molecule has 0 radical (unpaired) electrons. The molecule has 0 bridgehead atoms. The second kappa shape index (κ2) is 11.5. The van der Waals surface area contributed by atoms with Crippen LogP contribution >= 0.6 is 11.3 Å².